The van der Waals surface area contributed by atoms with Crippen LogP contribution < -0.4 is 0 Å². The molecule has 0 aliphatic heterocycles. The monoisotopic (exact) mass is 286 g/mol. The van der Waals surface area contributed by atoms with Gasteiger partial charge in [-0.25, -0.2) is 0 Å². The summed E-state index contributed by atoms with van der Waals surface area (Å²) in [6.45, 7) is 0. The number of ether oxygens (including phenoxy) is 1. The van der Waals surface area contributed by atoms with Crippen molar-refractivity contribution in [3.63, 3.8) is 0 Å². The molecule has 1 nitrogen and oxygen atoms in total. The van der Waals surface area contributed by atoms with E-state index < -0.39 is 0 Å². The zero-order valence-electron chi connectivity index (χ0n) is 13.3. The summed E-state index contributed by atoms with van der Waals surface area (Å²) in [4.78, 5) is 0. The van der Waals surface area contributed by atoms with Crippen molar-refractivity contribution in [3.8, 4) is 0 Å². The fraction of sp³-hybridized carbons (Fsp3) is 0.900. The first-order valence-corrected chi connectivity index (χ1v) is 9.74. The second-order valence-corrected chi connectivity index (χ2v) is 8.64. The minimum atomic E-state index is 0.599. The molecule has 5 aliphatic carbocycles. The Kier molecular flexibility index (Phi) is 3.21. The molecule has 21 heavy (non-hydrogen) atoms. The summed E-state index contributed by atoms with van der Waals surface area (Å²) < 4.78 is 6.71. The zero-order chi connectivity index (χ0) is 13.8. The van der Waals surface area contributed by atoms with Gasteiger partial charge in [-0.05, 0) is 67.6 Å². The molecular weight excluding hydrogens is 256 g/mol. The lowest BCUT2D eigenvalue weighted by Crippen LogP contribution is -2.37. The second-order valence-electron chi connectivity index (χ2n) is 8.64. The van der Waals surface area contributed by atoms with Crippen molar-refractivity contribution in [1.29, 1.82) is 0 Å². The average Bonchev–Trinajstić information content (AvgIpc) is 3.18. The summed E-state index contributed by atoms with van der Waals surface area (Å²) >= 11 is 0. The largest absolute Gasteiger partial charge is 0.375 e. The molecule has 4 bridgehead atoms. The van der Waals surface area contributed by atoms with Crippen molar-refractivity contribution in [2.24, 2.45) is 35.5 Å². The second kappa shape index (κ2) is 5.11. The normalized spacial score (nSPS) is 52.1. The standard InChI is InChI=1S/C20H30O/c1-2-4-6-16(7-5-3-1)21-18-12-15-11-17(18)20-14-9-8-13(10-14)19(15)20/h8-9,13-20H,1-7,10-12H2. The molecule has 7 unspecified atom stereocenters. The maximum absolute atomic E-state index is 6.71. The number of allylic oxidation sites excluding steroid dienone is 2. The molecule has 5 aliphatic rings. The average molecular weight is 286 g/mol. The lowest BCUT2D eigenvalue weighted by molar-refractivity contribution is -0.0710. The maximum atomic E-state index is 6.71. The molecule has 7 atom stereocenters. The molecular formula is C20H30O. The molecule has 0 saturated heterocycles. The van der Waals surface area contributed by atoms with Gasteiger partial charge in [-0.3, -0.25) is 0 Å². The summed E-state index contributed by atoms with van der Waals surface area (Å²) in [5.74, 6) is 5.89. The van der Waals surface area contributed by atoms with Gasteiger partial charge in [0.15, 0.2) is 0 Å². The smallest absolute Gasteiger partial charge is 0.0612 e. The molecule has 0 aromatic carbocycles. The Balaban J connectivity index is 1.26. The van der Waals surface area contributed by atoms with E-state index in [1.807, 2.05) is 0 Å². The van der Waals surface area contributed by atoms with Crippen molar-refractivity contribution >= 4 is 0 Å². The van der Waals surface area contributed by atoms with Gasteiger partial charge in [0.1, 0.15) is 0 Å². The number of fused-ring (bicyclic) bond motifs is 9. The van der Waals surface area contributed by atoms with Crippen LogP contribution >= 0.6 is 0 Å². The van der Waals surface area contributed by atoms with Gasteiger partial charge >= 0.3 is 0 Å². The highest BCUT2D eigenvalue weighted by Gasteiger charge is 2.61. The minimum Gasteiger partial charge on any atom is -0.375 e. The van der Waals surface area contributed by atoms with Crippen molar-refractivity contribution in [3.05, 3.63) is 12.2 Å². The highest BCUT2D eigenvalue weighted by molar-refractivity contribution is 5.21. The van der Waals surface area contributed by atoms with Crippen LogP contribution in [0.5, 0.6) is 0 Å². The van der Waals surface area contributed by atoms with Gasteiger partial charge in [0.25, 0.3) is 0 Å². The maximum Gasteiger partial charge on any atom is 0.0612 e. The van der Waals surface area contributed by atoms with Crippen molar-refractivity contribution < 1.29 is 4.74 Å². The number of hydrogen-bond donors (Lipinski definition) is 0. The highest BCUT2D eigenvalue weighted by Crippen LogP contribution is 2.65. The molecule has 4 fully saturated rings. The molecule has 116 valence electrons. The van der Waals surface area contributed by atoms with Crippen LogP contribution in [0.15, 0.2) is 12.2 Å². The first-order valence-electron chi connectivity index (χ1n) is 9.74. The summed E-state index contributed by atoms with van der Waals surface area (Å²) in [6, 6.07) is 0. The molecule has 0 aromatic heterocycles. The van der Waals surface area contributed by atoms with Crippen molar-refractivity contribution in [2.75, 3.05) is 0 Å². The van der Waals surface area contributed by atoms with Gasteiger partial charge < -0.3 is 4.74 Å². The fourth-order valence-corrected chi connectivity index (χ4v) is 6.91. The molecule has 0 amide bonds. The van der Waals surface area contributed by atoms with Crippen LogP contribution in [0.3, 0.4) is 0 Å². The van der Waals surface area contributed by atoms with E-state index in [0.29, 0.717) is 12.2 Å². The third kappa shape index (κ3) is 2.06. The van der Waals surface area contributed by atoms with E-state index in [0.717, 1.165) is 35.5 Å². The predicted molar refractivity (Wildman–Crippen MR) is 84.9 cm³/mol. The van der Waals surface area contributed by atoms with Crippen molar-refractivity contribution in [2.45, 2.75) is 76.4 Å². The molecule has 0 spiro atoms. The van der Waals surface area contributed by atoms with Gasteiger partial charge in [0, 0.05) is 0 Å². The molecule has 0 heterocycles. The predicted octanol–water partition coefficient (Wildman–Crippen LogP) is 4.96. The van der Waals surface area contributed by atoms with Crippen LogP contribution in [0, 0.1) is 35.5 Å². The number of hydrogen-bond acceptors (Lipinski definition) is 1. The SMILES string of the molecule is C1=CC2CC1C1C3CC(OC4CCCCCCC4)C(C3)C21. The third-order valence-corrected chi connectivity index (χ3v) is 7.63. The summed E-state index contributed by atoms with van der Waals surface area (Å²) in [5.41, 5.74) is 0. The van der Waals surface area contributed by atoms with Gasteiger partial charge in [-0.1, -0.05) is 44.3 Å². The molecule has 5 rings (SSSR count). The Bertz CT molecular complexity index is 420. The van der Waals surface area contributed by atoms with Crippen LogP contribution in [-0.4, -0.2) is 12.2 Å². The lowest BCUT2D eigenvalue weighted by Gasteiger charge is -2.38. The summed E-state index contributed by atoms with van der Waals surface area (Å²) in [7, 11) is 0. The summed E-state index contributed by atoms with van der Waals surface area (Å²) in [5, 5.41) is 0. The van der Waals surface area contributed by atoms with E-state index in [-0.39, 0.29) is 0 Å². The van der Waals surface area contributed by atoms with Crippen molar-refractivity contribution in [1.82, 2.24) is 0 Å². The van der Waals surface area contributed by atoms with Crippen LogP contribution in [0.2, 0.25) is 0 Å². The van der Waals surface area contributed by atoms with Crippen LogP contribution in [0.4, 0.5) is 0 Å². The molecule has 0 aromatic rings. The third-order valence-electron chi connectivity index (χ3n) is 7.63. The molecule has 1 heteroatoms. The fourth-order valence-electron chi connectivity index (χ4n) is 6.91. The van der Waals surface area contributed by atoms with E-state index in [1.54, 1.807) is 0 Å². The van der Waals surface area contributed by atoms with E-state index >= 15 is 0 Å². The first-order chi connectivity index (χ1) is 10.4. The number of rotatable bonds is 2. The summed E-state index contributed by atoms with van der Waals surface area (Å²) in [6.07, 6.45) is 20.6. The molecule has 4 saturated carbocycles. The highest BCUT2D eigenvalue weighted by atomic mass is 16.5. The molecule has 0 N–H and O–H groups in total. The van der Waals surface area contributed by atoms with Gasteiger partial charge in [-0.15, -0.1) is 0 Å². The van der Waals surface area contributed by atoms with Crippen LogP contribution in [0.25, 0.3) is 0 Å². The Hall–Kier alpha value is -0.300. The van der Waals surface area contributed by atoms with Crippen LogP contribution in [-0.2, 0) is 4.74 Å². The van der Waals surface area contributed by atoms with E-state index in [1.165, 1.54) is 64.2 Å². The van der Waals surface area contributed by atoms with E-state index in [4.69, 9.17) is 4.74 Å². The van der Waals surface area contributed by atoms with Crippen LogP contribution in [0.1, 0.15) is 64.2 Å². The van der Waals surface area contributed by atoms with E-state index in [2.05, 4.69) is 12.2 Å². The van der Waals surface area contributed by atoms with Gasteiger partial charge in [0.2, 0.25) is 0 Å². The Morgan fingerprint density at radius 1 is 0.714 bits per heavy atom. The first kappa shape index (κ1) is 13.2. The van der Waals surface area contributed by atoms with Gasteiger partial charge in [0.05, 0.1) is 12.2 Å². The van der Waals surface area contributed by atoms with Gasteiger partial charge in [-0.2, -0.15) is 0 Å². The Labute approximate surface area is 129 Å². The minimum absolute atomic E-state index is 0.599. The Morgan fingerprint density at radius 3 is 2.24 bits per heavy atom. The molecule has 0 radical (unpaired) electrons. The quantitative estimate of drug-likeness (QED) is 0.515. The zero-order valence-corrected chi connectivity index (χ0v) is 13.3. The van der Waals surface area contributed by atoms with E-state index in [9.17, 15) is 0 Å². The topological polar surface area (TPSA) is 9.23 Å². The Morgan fingerprint density at radius 2 is 1.43 bits per heavy atom. The lowest BCUT2D eigenvalue weighted by atomic mass is 9.72.